The molecule has 0 aromatic heterocycles. The van der Waals surface area contributed by atoms with Crippen molar-refractivity contribution in [3.63, 3.8) is 0 Å². The number of sulfonamides is 1. The Morgan fingerprint density at radius 2 is 1.61 bits per heavy atom. The van der Waals surface area contributed by atoms with E-state index in [-0.39, 0.29) is 10.8 Å². The Morgan fingerprint density at radius 1 is 1.00 bits per heavy atom. The van der Waals surface area contributed by atoms with Gasteiger partial charge in [0, 0.05) is 31.9 Å². The van der Waals surface area contributed by atoms with E-state index >= 15 is 0 Å². The van der Waals surface area contributed by atoms with E-state index in [0.29, 0.717) is 26.2 Å². The third-order valence-corrected chi connectivity index (χ3v) is 6.34. The van der Waals surface area contributed by atoms with Gasteiger partial charge < -0.3 is 14.5 Å². The molecule has 3 rings (SSSR count). The fourth-order valence-electron chi connectivity index (χ4n) is 3.20. The van der Waals surface area contributed by atoms with E-state index in [1.165, 1.54) is 12.1 Å². The van der Waals surface area contributed by atoms with Crippen molar-refractivity contribution in [2.75, 3.05) is 38.2 Å². The smallest absolute Gasteiger partial charge is 0.241 e. The first-order valence-corrected chi connectivity index (χ1v) is 10.6. The zero-order chi connectivity index (χ0) is 20.1. The van der Waals surface area contributed by atoms with E-state index < -0.39 is 16.1 Å². The molecule has 2 aromatic rings. The van der Waals surface area contributed by atoms with Crippen LogP contribution in [0.5, 0.6) is 5.75 Å². The lowest BCUT2D eigenvalue weighted by Gasteiger charge is -2.37. The van der Waals surface area contributed by atoms with Crippen LogP contribution in [0.25, 0.3) is 0 Å². The first kappa shape index (κ1) is 20.2. The molecule has 28 heavy (non-hydrogen) atoms. The third-order valence-electron chi connectivity index (χ3n) is 4.78. The molecule has 0 saturated carbocycles. The fourth-order valence-corrected chi connectivity index (χ4v) is 4.42. The van der Waals surface area contributed by atoms with Crippen molar-refractivity contribution in [1.82, 2.24) is 9.62 Å². The minimum atomic E-state index is -3.72. The van der Waals surface area contributed by atoms with E-state index in [2.05, 4.69) is 9.62 Å². The van der Waals surface area contributed by atoms with Crippen molar-refractivity contribution in [3.05, 3.63) is 54.6 Å². The van der Waals surface area contributed by atoms with Crippen LogP contribution < -0.4 is 14.4 Å². The highest BCUT2D eigenvalue weighted by Crippen LogP contribution is 2.20. The summed E-state index contributed by atoms with van der Waals surface area (Å²) in [6, 6.07) is 15.0. The number of nitrogens with one attached hydrogen (secondary N) is 1. The van der Waals surface area contributed by atoms with Crippen LogP contribution in [0.15, 0.2) is 59.5 Å². The second-order valence-electron chi connectivity index (χ2n) is 6.67. The summed E-state index contributed by atoms with van der Waals surface area (Å²) in [5, 5.41) is 0. The van der Waals surface area contributed by atoms with Crippen LogP contribution in [0.2, 0.25) is 0 Å². The van der Waals surface area contributed by atoms with Crippen LogP contribution in [0, 0.1) is 0 Å². The van der Waals surface area contributed by atoms with Gasteiger partial charge in [-0.2, -0.15) is 4.72 Å². The lowest BCUT2D eigenvalue weighted by Crippen LogP contribution is -2.54. The molecule has 0 spiro atoms. The van der Waals surface area contributed by atoms with Crippen LogP contribution in [0.1, 0.15) is 6.92 Å². The standard InChI is InChI=1S/C20H25N3O4S/c1-16(21-28(25,26)19-6-4-3-5-7-19)20(24)23-14-12-22(13-15-23)17-8-10-18(27-2)11-9-17/h3-11,16,21H,12-15H2,1-2H3. The number of benzene rings is 2. The quantitative estimate of drug-likeness (QED) is 0.794. The molecule has 1 unspecified atom stereocenters. The largest absolute Gasteiger partial charge is 0.497 e. The van der Waals surface area contributed by atoms with Gasteiger partial charge in [0.25, 0.3) is 0 Å². The number of hydrogen-bond donors (Lipinski definition) is 1. The summed E-state index contributed by atoms with van der Waals surface area (Å²) < 4.78 is 32.5. The Labute approximate surface area is 166 Å². The number of ether oxygens (including phenoxy) is 1. The number of piperazine rings is 1. The average molecular weight is 404 g/mol. The number of nitrogens with zero attached hydrogens (tertiary/aromatic N) is 2. The van der Waals surface area contributed by atoms with Crippen LogP contribution in [0.4, 0.5) is 5.69 Å². The first-order chi connectivity index (χ1) is 13.4. The van der Waals surface area contributed by atoms with Crippen molar-refractivity contribution in [3.8, 4) is 5.75 Å². The molecule has 0 aliphatic carbocycles. The SMILES string of the molecule is COc1ccc(N2CCN(C(=O)C(C)NS(=O)(=O)c3ccccc3)CC2)cc1. The molecule has 1 fully saturated rings. The lowest BCUT2D eigenvalue weighted by atomic mass is 10.2. The van der Waals surface area contributed by atoms with E-state index in [1.54, 1.807) is 37.1 Å². The fraction of sp³-hybridized carbons (Fsp3) is 0.350. The van der Waals surface area contributed by atoms with E-state index in [1.807, 2.05) is 24.3 Å². The van der Waals surface area contributed by atoms with Crippen LogP contribution in [-0.2, 0) is 14.8 Å². The number of anilines is 1. The molecule has 1 atom stereocenters. The average Bonchev–Trinajstić information content (AvgIpc) is 2.74. The van der Waals surface area contributed by atoms with Crippen LogP contribution >= 0.6 is 0 Å². The van der Waals surface area contributed by atoms with E-state index in [9.17, 15) is 13.2 Å². The van der Waals surface area contributed by atoms with Crippen molar-refractivity contribution in [2.45, 2.75) is 17.9 Å². The molecule has 1 N–H and O–H groups in total. The van der Waals surface area contributed by atoms with Crippen LogP contribution in [-0.4, -0.2) is 58.6 Å². The highest BCUT2D eigenvalue weighted by molar-refractivity contribution is 7.89. The lowest BCUT2D eigenvalue weighted by molar-refractivity contribution is -0.132. The summed E-state index contributed by atoms with van der Waals surface area (Å²) in [4.78, 5) is 16.8. The van der Waals surface area contributed by atoms with Gasteiger partial charge in [-0.15, -0.1) is 0 Å². The Kier molecular flexibility index (Phi) is 6.21. The van der Waals surface area contributed by atoms with E-state index in [0.717, 1.165) is 11.4 Å². The minimum Gasteiger partial charge on any atom is -0.497 e. The molecule has 2 aromatic carbocycles. The first-order valence-electron chi connectivity index (χ1n) is 9.16. The third kappa shape index (κ3) is 4.63. The highest BCUT2D eigenvalue weighted by Gasteiger charge is 2.28. The van der Waals surface area contributed by atoms with Gasteiger partial charge in [-0.25, -0.2) is 8.42 Å². The molecule has 7 nitrogen and oxygen atoms in total. The number of methoxy groups -OCH3 is 1. The van der Waals surface area contributed by atoms with Gasteiger partial charge in [0.05, 0.1) is 18.0 Å². The number of hydrogen-bond acceptors (Lipinski definition) is 5. The second kappa shape index (κ2) is 8.62. The van der Waals surface area contributed by atoms with Gasteiger partial charge in [-0.1, -0.05) is 18.2 Å². The maximum absolute atomic E-state index is 12.7. The van der Waals surface area contributed by atoms with Crippen LogP contribution in [0.3, 0.4) is 0 Å². The molecule has 0 bridgehead atoms. The van der Waals surface area contributed by atoms with Gasteiger partial charge in [0.15, 0.2) is 0 Å². The predicted molar refractivity (Wildman–Crippen MR) is 108 cm³/mol. The predicted octanol–water partition coefficient (Wildman–Crippen LogP) is 1.71. The molecule has 8 heteroatoms. The van der Waals surface area contributed by atoms with Gasteiger partial charge in [0.1, 0.15) is 5.75 Å². The molecule has 150 valence electrons. The maximum atomic E-state index is 12.7. The molecular formula is C20H25N3O4S. The zero-order valence-electron chi connectivity index (χ0n) is 16.0. The second-order valence-corrected chi connectivity index (χ2v) is 8.38. The summed E-state index contributed by atoms with van der Waals surface area (Å²) >= 11 is 0. The summed E-state index contributed by atoms with van der Waals surface area (Å²) in [7, 11) is -2.09. The monoisotopic (exact) mass is 403 g/mol. The molecule has 1 heterocycles. The summed E-state index contributed by atoms with van der Waals surface area (Å²) in [5.74, 6) is 0.589. The minimum absolute atomic E-state index is 0.152. The number of carbonyl (C=O) groups excluding carboxylic acids is 1. The Morgan fingerprint density at radius 3 is 2.18 bits per heavy atom. The normalized spacial score (nSPS) is 15.9. The molecule has 1 saturated heterocycles. The maximum Gasteiger partial charge on any atom is 0.241 e. The van der Waals surface area contributed by atoms with Gasteiger partial charge >= 0.3 is 0 Å². The number of rotatable bonds is 6. The summed E-state index contributed by atoms with van der Waals surface area (Å²) in [6.45, 7) is 4.05. The van der Waals surface area contributed by atoms with E-state index in [4.69, 9.17) is 4.74 Å². The zero-order valence-corrected chi connectivity index (χ0v) is 16.9. The number of amides is 1. The van der Waals surface area contributed by atoms with Crippen molar-refractivity contribution >= 4 is 21.6 Å². The highest BCUT2D eigenvalue weighted by atomic mass is 32.2. The topological polar surface area (TPSA) is 79.0 Å². The van der Waals surface area contributed by atoms with Gasteiger partial charge in [-0.05, 0) is 43.3 Å². The van der Waals surface area contributed by atoms with Crippen molar-refractivity contribution < 1.29 is 17.9 Å². The number of carbonyl (C=O) groups is 1. The molecular weight excluding hydrogens is 378 g/mol. The molecule has 1 aliphatic heterocycles. The molecule has 1 aliphatic rings. The Bertz CT molecular complexity index is 893. The van der Waals surface area contributed by atoms with Gasteiger partial charge in [-0.3, -0.25) is 4.79 Å². The molecule has 1 amide bonds. The Balaban J connectivity index is 1.57. The Hall–Kier alpha value is -2.58. The molecule has 0 radical (unpaired) electrons. The van der Waals surface area contributed by atoms with Crippen molar-refractivity contribution in [2.24, 2.45) is 0 Å². The van der Waals surface area contributed by atoms with Crippen molar-refractivity contribution in [1.29, 1.82) is 0 Å². The summed E-state index contributed by atoms with van der Waals surface area (Å²) in [5.41, 5.74) is 1.07. The summed E-state index contributed by atoms with van der Waals surface area (Å²) in [6.07, 6.45) is 0. The van der Waals surface area contributed by atoms with Gasteiger partial charge in [0.2, 0.25) is 15.9 Å².